The zero-order valence-electron chi connectivity index (χ0n) is 12.1. The second-order valence-corrected chi connectivity index (χ2v) is 6.58. The molecule has 0 aromatic heterocycles. The molecule has 0 aliphatic heterocycles. The number of hydroxylamine groups is 1. The molecule has 4 nitrogen and oxygen atoms in total. The summed E-state index contributed by atoms with van der Waals surface area (Å²) in [5.41, 5.74) is -4.75. The summed E-state index contributed by atoms with van der Waals surface area (Å²) in [6, 6.07) is 13.8. The molecule has 23 heavy (non-hydrogen) atoms. The average Bonchev–Trinajstić information content (AvgIpc) is 2.52. The molecule has 0 spiro atoms. The average molecular weight is 345 g/mol. The van der Waals surface area contributed by atoms with Gasteiger partial charge in [-0.15, -0.1) is 0 Å². The van der Waals surface area contributed by atoms with Crippen LogP contribution in [0.3, 0.4) is 0 Å². The number of sulfone groups is 1. The normalized spacial score (nSPS) is 12.2. The van der Waals surface area contributed by atoms with Crippen molar-refractivity contribution in [2.75, 3.05) is 12.1 Å². The minimum atomic E-state index is -5.46. The van der Waals surface area contributed by atoms with E-state index in [1.807, 2.05) is 6.07 Å². The lowest BCUT2D eigenvalue weighted by atomic mass is 10.2. The Labute approximate surface area is 132 Å². The minimum absolute atomic E-state index is 0.0950. The van der Waals surface area contributed by atoms with Gasteiger partial charge in [-0.3, -0.25) is 9.90 Å². The van der Waals surface area contributed by atoms with Gasteiger partial charge in [-0.05, 0) is 17.7 Å². The number of hydrogen-bond acceptors (Lipinski definition) is 4. The molecule has 8 heteroatoms. The van der Waals surface area contributed by atoms with Crippen LogP contribution in [-0.2, 0) is 21.3 Å². The number of para-hydroxylation sites is 1. The first-order valence-electron chi connectivity index (χ1n) is 6.54. The van der Waals surface area contributed by atoms with Crippen molar-refractivity contribution in [3.05, 3.63) is 60.2 Å². The predicted octanol–water partition coefficient (Wildman–Crippen LogP) is 3.55. The molecule has 0 bridgehead atoms. The molecule has 2 aromatic carbocycles. The molecule has 0 aliphatic carbocycles. The van der Waals surface area contributed by atoms with E-state index in [2.05, 4.69) is 0 Å². The van der Waals surface area contributed by atoms with E-state index in [1.165, 1.54) is 25.2 Å². The molecule has 2 rings (SSSR count). The summed E-state index contributed by atoms with van der Waals surface area (Å²) in [6.07, 6.45) is 0. The molecule has 0 atom stereocenters. The number of nitrogens with zero attached hydrogens (tertiary/aromatic N) is 1. The lowest BCUT2D eigenvalue weighted by Crippen LogP contribution is -2.27. The Hall–Kier alpha value is -2.06. The molecule has 0 fully saturated rings. The van der Waals surface area contributed by atoms with Gasteiger partial charge in [0, 0.05) is 7.05 Å². The van der Waals surface area contributed by atoms with Crippen LogP contribution >= 0.6 is 0 Å². The highest BCUT2D eigenvalue weighted by Gasteiger charge is 2.48. The maximum absolute atomic E-state index is 12.8. The van der Waals surface area contributed by atoms with Crippen LogP contribution < -0.4 is 5.06 Å². The van der Waals surface area contributed by atoms with Crippen molar-refractivity contribution in [1.82, 2.24) is 0 Å². The third kappa shape index (κ3) is 3.83. The van der Waals surface area contributed by atoms with Crippen LogP contribution in [0.2, 0.25) is 0 Å². The fourth-order valence-corrected chi connectivity index (χ4v) is 2.86. The van der Waals surface area contributed by atoms with Crippen molar-refractivity contribution in [2.45, 2.75) is 17.0 Å². The zero-order chi connectivity index (χ0) is 17.1. The molecular weight excluding hydrogens is 331 g/mol. The summed E-state index contributed by atoms with van der Waals surface area (Å²) in [7, 11) is -4.10. The van der Waals surface area contributed by atoms with Gasteiger partial charge in [0.2, 0.25) is 0 Å². The number of rotatable bonds is 5. The standard InChI is InChI=1S/C15H14F3NO3S/c1-19(22-11-12-7-3-2-4-8-12)13-9-5-6-10-14(13)23(20,21)15(16,17)18/h2-10H,11H2,1H3. The quantitative estimate of drug-likeness (QED) is 0.778. The lowest BCUT2D eigenvalue weighted by molar-refractivity contribution is -0.0436. The molecular formula is C15H14F3NO3S. The molecule has 0 unspecified atom stereocenters. The maximum atomic E-state index is 12.8. The van der Waals surface area contributed by atoms with E-state index < -0.39 is 20.2 Å². The Balaban J connectivity index is 2.27. The van der Waals surface area contributed by atoms with E-state index in [0.29, 0.717) is 0 Å². The third-order valence-electron chi connectivity index (χ3n) is 3.07. The topological polar surface area (TPSA) is 46.6 Å². The van der Waals surface area contributed by atoms with Gasteiger partial charge in [-0.1, -0.05) is 42.5 Å². The number of halogens is 3. The summed E-state index contributed by atoms with van der Waals surface area (Å²) in [5, 5.41) is 1.02. The van der Waals surface area contributed by atoms with Crippen LogP contribution in [0.5, 0.6) is 0 Å². The van der Waals surface area contributed by atoms with Gasteiger partial charge in [0.15, 0.2) is 0 Å². The Morgan fingerprint density at radius 1 is 1.00 bits per heavy atom. The van der Waals surface area contributed by atoms with Gasteiger partial charge in [-0.25, -0.2) is 8.42 Å². The van der Waals surface area contributed by atoms with Crippen LogP contribution in [0.25, 0.3) is 0 Å². The monoisotopic (exact) mass is 345 g/mol. The van der Waals surface area contributed by atoms with Crippen molar-refractivity contribution in [3.8, 4) is 0 Å². The molecule has 0 saturated carbocycles. The van der Waals surface area contributed by atoms with E-state index in [4.69, 9.17) is 4.84 Å². The van der Waals surface area contributed by atoms with Gasteiger partial charge in [0.25, 0.3) is 9.84 Å². The van der Waals surface area contributed by atoms with Crippen LogP contribution in [-0.4, -0.2) is 21.0 Å². The fourth-order valence-electron chi connectivity index (χ4n) is 1.88. The highest BCUT2D eigenvalue weighted by atomic mass is 32.2. The van der Waals surface area contributed by atoms with Gasteiger partial charge >= 0.3 is 5.51 Å². The summed E-state index contributed by atoms with van der Waals surface area (Å²) >= 11 is 0. The van der Waals surface area contributed by atoms with Crippen LogP contribution in [0.1, 0.15) is 5.56 Å². The van der Waals surface area contributed by atoms with Gasteiger partial charge in [0.1, 0.15) is 4.90 Å². The second-order valence-electron chi connectivity index (χ2n) is 4.67. The van der Waals surface area contributed by atoms with Crippen molar-refractivity contribution in [3.63, 3.8) is 0 Å². The van der Waals surface area contributed by atoms with E-state index >= 15 is 0 Å². The van der Waals surface area contributed by atoms with Gasteiger partial charge < -0.3 is 0 Å². The number of hydrogen-bond donors (Lipinski definition) is 0. The molecule has 0 heterocycles. The van der Waals surface area contributed by atoms with E-state index in [1.54, 1.807) is 24.3 Å². The van der Waals surface area contributed by atoms with Crippen molar-refractivity contribution in [2.24, 2.45) is 0 Å². The summed E-state index contributed by atoms with van der Waals surface area (Å²) in [4.78, 5) is 4.52. The molecule has 0 radical (unpaired) electrons. The summed E-state index contributed by atoms with van der Waals surface area (Å²) in [6.45, 7) is 0.0950. The lowest BCUT2D eigenvalue weighted by Gasteiger charge is -2.22. The SMILES string of the molecule is CN(OCc1ccccc1)c1ccccc1S(=O)(=O)C(F)(F)F. The molecule has 0 amide bonds. The van der Waals surface area contributed by atoms with E-state index in [-0.39, 0.29) is 12.3 Å². The Morgan fingerprint density at radius 2 is 1.57 bits per heavy atom. The number of alkyl halides is 3. The Kier molecular flexibility index (Phi) is 4.96. The third-order valence-corrected chi connectivity index (χ3v) is 4.60. The Morgan fingerprint density at radius 3 is 2.17 bits per heavy atom. The second kappa shape index (κ2) is 6.59. The molecule has 2 aromatic rings. The van der Waals surface area contributed by atoms with Gasteiger partial charge in [0.05, 0.1) is 12.3 Å². The van der Waals surface area contributed by atoms with Crippen molar-refractivity contribution >= 4 is 15.5 Å². The van der Waals surface area contributed by atoms with E-state index in [9.17, 15) is 21.6 Å². The molecule has 0 N–H and O–H groups in total. The first-order valence-corrected chi connectivity index (χ1v) is 8.03. The first kappa shape index (κ1) is 17.3. The first-order chi connectivity index (χ1) is 10.7. The van der Waals surface area contributed by atoms with E-state index in [0.717, 1.165) is 16.7 Å². The largest absolute Gasteiger partial charge is 0.501 e. The Bertz CT molecular complexity index is 761. The summed E-state index contributed by atoms with van der Waals surface area (Å²) < 4.78 is 61.6. The highest BCUT2D eigenvalue weighted by molar-refractivity contribution is 7.92. The van der Waals surface area contributed by atoms with Crippen molar-refractivity contribution < 1.29 is 26.4 Å². The number of benzene rings is 2. The summed E-state index contributed by atoms with van der Waals surface area (Å²) in [5.74, 6) is 0. The van der Waals surface area contributed by atoms with Crippen molar-refractivity contribution in [1.29, 1.82) is 0 Å². The predicted molar refractivity (Wildman–Crippen MR) is 79.3 cm³/mol. The van der Waals surface area contributed by atoms with Crippen LogP contribution in [0.15, 0.2) is 59.5 Å². The van der Waals surface area contributed by atoms with Crippen LogP contribution in [0.4, 0.5) is 18.9 Å². The molecule has 0 saturated heterocycles. The highest BCUT2D eigenvalue weighted by Crippen LogP contribution is 2.35. The molecule has 0 aliphatic rings. The maximum Gasteiger partial charge on any atom is 0.501 e. The van der Waals surface area contributed by atoms with Crippen LogP contribution in [0, 0.1) is 0 Å². The van der Waals surface area contributed by atoms with Gasteiger partial charge in [-0.2, -0.15) is 13.2 Å². The fraction of sp³-hybridized carbons (Fsp3) is 0.200. The zero-order valence-corrected chi connectivity index (χ0v) is 12.9. The molecule has 124 valence electrons. The smallest absolute Gasteiger partial charge is 0.269 e. The minimum Gasteiger partial charge on any atom is -0.269 e. The number of anilines is 1.